The largest absolute Gasteiger partial charge is 0.495 e. The average molecular weight is 544 g/mol. The van der Waals surface area contributed by atoms with E-state index in [1.807, 2.05) is 31.2 Å². The summed E-state index contributed by atoms with van der Waals surface area (Å²) in [5, 5.41) is 0. The van der Waals surface area contributed by atoms with Gasteiger partial charge in [-0.15, -0.1) is 0 Å². The van der Waals surface area contributed by atoms with Gasteiger partial charge in [0.2, 0.25) is 22.7 Å². The van der Waals surface area contributed by atoms with E-state index in [4.69, 9.17) is 14.2 Å². The van der Waals surface area contributed by atoms with Gasteiger partial charge in [0.05, 0.1) is 13.7 Å². The van der Waals surface area contributed by atoms with E-state index in [2.05, 4.69) is 4.90 Å². The van der Waals surface area contributed by atoms with Crippen molar-refractivity contribution in [1.29, 1.82) is 0 Å². The maximum atomic E-state index is 14.0. The zero-order valence-corrected chi connectivity index (χ0v) is 23.0. The standard InChI is InChI=1S/C28H37N3O6S/c1-21-8-10-25(35-2)27(16-21)38(33,34)31(23-6-4-3-5-7-23)19-28(32)30-14-12-29(13-15-30)18-22-9-11-24-26(17-22)37-20-36-24/h8-11,16-17,23H,3-7,12-15,18-20H2,1-2H3. The third-order valence-corrected chi connectivity index (χ3v) is 9.67. The lowest BCUT2D eigenvalue weighted by atomic mass is 9.95. The summed E-state index contributed by atoms with van der Waals surface area (Å²) in [5.41, 5.74) is 1.97. The molecule has 5 rings (SSSR count). The summed E-state index contributed by atoms with van der Waals surface area (Å²) in [4.78, 5) is 17.7. The van der Waals surface area contributed by atoms with Crippen molar-refractivity contribution in [3.05, 3.63) is 47.5 Å². The molecule has 2 aliphatic heterocycles. The van der Waals surface area contributed by atoms with Crippen molar-refractivity contribution in [3.63, 3.8) is 0 Å². The molecule has 1 saturated heterocycles. The normalized spacial score (nSPS) is 18.7. The number of benzene rings is 2. The predicted octanol–water partition coefficient (Wildman–Crippen LogP) is 3.40. The highest BCUT2D eigenvalue weighted by molar-refractivity contribution is 7.89. The maximum Gasteiger partial charge on any atom is 0.247 e. The van der Waals surface area contributed by atoms with Crippen LogP contribution < -0.4 is 14.2 Å². The summed E-state index contributed by atoms with van der Waals surface area (Å²) in [6.07, 6.45) is 4.56. The Bertz CT molecular complexity index is 1250. The summed E-state index contributed by atoms with van der Waals surface area (Å²) < 4.78 is 45.7. The molecular weight excluding hydrogens is 506 g/mol. The third kappa shape index (κ3) is 5.77. The number of sulfonamides is 1. The molecule has 3 aliphatic rings. The van der Waals surface area contributed by atoms with Crippen LogP contribution in [0.15, 0.2) is 41.3 Å². The van der Waals surface area contributed by atoms with Crippen LogP contribution in [0.2, 0.25) is 0 Å². The zero-order valence-electron chi connectivity index (χ0n) is 22.2. The Morgan fingerprint density at radius 3 is 2.47 bits per heavy atom. The van der Waals surface area contributed by atoms with Crippen LogP contribution in [0, 0.1) is 6.92 Å². The molecule has 0 radical (unpaired) electrons. The fraction of sp³-hybridized carbons (Fsp3) is 0.536. The van der Waals surface area contributed by atoms with Gasteiger partial charge in [-0.1, -0.05) is 31.4 Å². The molecule has 0 atom stereocenters. The average Bonchev–Trinajstić information content (AvgIpc) is 3.40. The number of rotatable bonds is 8. The van der Waals surface area contributed by atoms with Gasteiger partial charge >= 0.3 is 0 Å². The number of aryl methyl sites for hydroxylation is 1. The van der Waals surface area contributed by atoms with Gasteiger partial charge in [0.25, 0.3) is 0 Å². The van der Waals surface area contributed by atoms with Crippen LogP contribution in [0.4, 0.5) is 0 Å². The van der Waals surface area contributed by atoms with Crippen LogP contribution in [-0.4, -0.2) is 81.1 Å². The second-order valence-electron chi connectivity index (χ2n) is 10.3. The first kappa shape index (κ1) is 26.8. The molecule has 1 saturated carbocycles. The fourth-order valence-corrected chi connectivity index (χ4v) is 7.45. The number of hydrogen-bond donors (Lipinski definition) is 0. The highest BCUT2D eigenvalue weighted by Crippen LogP contribution is 2.34. The molecule has 2 aromatic carbocycles. The van der Waals surface area contributed by atoms with E-state index >= 15 is 0 Å². The van der Waals surface area contributed by atoms with E-state index in [1.165, 1.54) is 11.4 Å². The van der Waals surface area contributed by atoms with Gasteiger partial charge in [0.1, 0.15) is 10.6 Å². The van der Waals surface area contributed by atoms with Crippen molar-refractivity contribution >= 4 is 15.9 Å². The molecule has 10 heteroatoms. The molecule has 0 aromatic heterocycles. The number of nitrogens with zero attached hydrogens (tertiary/aromatic N) is 3. The highest BCUT2D eigenvalue weighted by Gasteiger charge is 2.37. The van der Waals surface area contributed by atoms with Gasteiger partial charge in [-0.3, -0.25) is 9.69 Å². The van der Waals surface area contributed by atoms with Crippen LogP contribution in [0.1, 0.15) is 43.2 Å². The Morgan fingerprint density at radius 1 is 1.00 bits per heavy atom. The van der Waals surface area contributed by atoms with Crippen LogP contribution >= 0.6 is 0 Å². The summed E-state index contributed by atoms with van der Waals surface area (Å²) in [5.74, 6) is 1.70. The molecule has 0 unspecified atom stereocenters. The van der Waals surface area contributed by atoms with Crippen LogP contribution in [-0.2, 0) is 21.4 Å². The first-order chi connectivity index (χ1) is 18.3. The Labute approximate surface area is 225 Å². The molecule has 9 nitrogen and oxygen atoms in total. The number of carbonyl (C=O) groups excluding carboxylic acids is 1. The van der Waals surface area contributed by atoms with E-state index in [0.717, 1.165) is 74.4 Å². The lowest BCUT2D eigenvalue weighted by Gasteiger charge is -2.38. The molecule has 1 amide bonds. The molecule has 38 heavy (non-hydrogen) atoms. The van der Waals surface area contributed by atoms with Crippen LogP contribution in [0.25, 0.3) is 0 Å². The van der Waals surface area contributed by atoms with Crippen molar-refractivity contribution in [2.24, 2.45) is 0 Å². The minimum atomic E-state index is -3.93. The molecule has 0 N–H and O–H groups in total. The maximum absolute atomic E-state index is 14.0. The predicted molar refractivity (Wildman–Crippen MR) is 143 cm³/mol. The topological polar surface area (TPSA) is 88.6 Å². The molecule has 2 fully saturated rings. The second-order valence-corrected chi connectivity index (χ2v) is 12.2. The SMILES string of the molecule is COc1ccc(C)cc1S(=O)(=O)N(CC(=O)N1CCN(Cc2ccc3c(c2)OCO3)CC1)C1CCCCC1. The fourth-order valence-electron chi connectivity index (χ4n) is 5.58. The Balaban J connectivity index is 1.26. The molecule has 1 aliphatic carbocycles. The minimum Gasteiger partial charge on any atom is -0.495 e. The van der Waals surface area contributed by atoms with Crippen molar-refractivity contribution in [2.45, 2.75) is 56.5 Å². The zero-order chi connectivity index (χ0) is 26.7. The monoisotopic (exact) mass is 543 g/mol. The second kappa shape index (κ2) is 11.5. The Kier molecular flexibility index (Phi) is 8.11. The van der Waals surface area contributed by atoms with Crippen molar-refractivity contribution < 1.29 is 27.4 Å². The van der Waals surface area contributed by atoms with Crippen LogP contribution in [0.5, 0.6) is 17.2 Å². The summed E-state index contributed by atoms with van der Waals surface area (Å²) in [6, 6.07) is 10.9. The molecule has 0 spiro atoms. The van der Waals surface area contributed by atoms with Crippen molar-refractivity contribution in [3.8, 4) is 17.2 Å². The number of carbonyl (C=O) groups is 1. The lowest BCUT2D eigenvalue weighted by molar-refractivity contribution is -0.133. The number of amides is 1. The van der Waals surface area contributed by atoms with Gasteiger partial charge in [-0.2, -0.15) is 4.31 Å². The van der Waals surface area contributed by atoms with Gasteiger partial charge < -0.3 is 19.1 Å². The smallest absolute Gasteiger partial charge is 0.247 e. The number of fused-ring (bicyclic) bond motifs is 1. The molecule has 206 valence electrons. The molecule has 2 heterocycles. The minimum absolute atomic E-state index is 0.131. The van der Waals surface area contributed by atoms with E-state index < -0.39 is 10.0 Å². The third-order valence-electron chi connectivity index (χ3n) is 7.75. The highest BCUT2D eigenvalue weighted by atomic mass is 32.2. The van der Waals surface area contributed by atoms with E-state index in [1.54, 1.807) is 17.0 Å². The lowest BCUT2D eigenvalue weighted by Crippen LogP contribution is -2.53. The van der Waals surface area contributed by atoms with Crippen LogP contribution in [0.3, 0.4) is 0 Å². The molecule has 2 aromatic rings. The number of methoxy groups -OCH3 is 1. The first-order valence-electron chi connectivity index (χ1n) is 13.4. The summed E-state index contributed by atoms with van der Waals surface area (Å²) in [7, 11) is -2.45. The number of ether oxygens (including phenoxy) is 3. The summed E-state index contributed by atoms with van der Waals surface area (Å²) in [6.45, 7) is 5.30. The van der Waals surface area contributed by atoms with Crippen molar-refractivity contribution in [2.75, 3.05) is 46.6 Å². The van der Waals surface area contributed by atoms with E-state index in [-0.39, 0.29) is 30.2 Å². The quantitative estimate of drug-likeness (QED) is 0.504. The van der Waals surface area contributed by atoms with Gasteiger partial charge in [-0.25, -0.2) is 8.42 Å². The van der Waals surface area contributed by atoms with Gasteiger partial charge in [-0.05, 0) is 55.2 Å². The van der Waals surface area contributed by atoms with Gasteiger partial charge in [0.15, 0.2) is 11.5 Å². The van der Waals surface area contributed by atoms with E-state index in [9.17, 15) is 13.2 Å². The van der Waals surface area contributed by atoms with E-state index in [0.29, 0.717) is 18.8 Å². The van der Waals surface area contributed by atoms with Crippen molar-refractivity contribution in [1.82, 2.24) is 14.1 Å². The summed E-state index contributed by atoms with van der Waals surface area (Å²) >= 11 is 0. The first-order valence-corrected chi connectivity index (χ1v) is 14.8. The Morgan fingerprint density at radius 2 is 1.74 bits per heavy atom. The number of piperazine rings is 1. The number of hydrogen-bond acceptors (Lipinski definition) is 7. The molecule has 0 bridgehead atoms. The Hall–Kier alpha value is -2.82. The molecular formula is C28H37N3O6S. The van der Waals surface area contributed by atoms with Gasteiger partial charge in [0, 0.05) is 38.8 Å².